The zero-order valence-corrected chi connectivity index (χ0v) is 18.6. The molecule has 1 atom stereocenters. The second-order valence-electron chi connectivity index (χ2n) is 9.04. The number of nitrogens with zero attached hydrogens (tertiary/aromatic N) is 2. The van der Waals surface area contributed by atoms with Crippen LogP contribution in [0, 0.1) is 5.92 Å². The van der Waals surface area contributed by atoms with Crippen LogP contribution in [0.15, 0.2) is 53.9 Å². The van der Waals surface area contributed by atoms with Crippen molar-refractivity contribution in [2.24, 2.45) is 5.92 Å². The first-order valence-electron chi connectivity index (χ1n) is 11.4. The van der Waals surface area contributed by atoms with Gasteiger partial charge in [-0.1, -0.05) is 48.5 Å². The normalized spacial score (nSPS) is 23.2. The molecule has 1 unspecified atom stereocenters. The first kappa shape index (κ1) is 19.7. The highest BCUT2D eigenvalue weighted by Crippen LogP contribution is 2.55. The van der Waals surface area contributed by atoms with E-state index < -0.39 is 0 Å². The lowest BCUT2D eigenvalue weighted by Crippen LogP contribution is -2.39. The Morgan fingerprint density at radius 2 is 1.75 bits per heavy atom. The highest BCUT2D eigenvalue weighted by atomic mass is 32.1. The van der Waals surface area contributed by atoms with E-state index in [2.05, 4.69) is 58.8 Å². The molecule has 0 saturated carbocycles. The van der Waals surface area contributed by atoms with Crippen molar-refractivity contribution in [2.75, 3.05) is 18.0 Å². The Labute approximate surface area is 191 Å². The van der Waals surface area contributed by atoms with Crippen LogP contribution < -0.4 is 10.2 Å². The van der Waals surface area contributed by atoms with Gasteiger partial charge in [-0.25, -0.2) is 4.98 Å². The van der Waals surface area contributed by atoms with Gasteiger partial charge in [0.15, 0.2) is 5.13 Å². The maximum absolute atomic E-state index is 12.7. The van der Waals surface area contributed by atoms with Crippen LogP contribution >= 0.6 is 11.3 Å². The Kier molecular flexibility index (Phi) is 4.83. The van der Waals surface area contributed by atoms with Crippen LogP contribution in [0.1, 0.15) is 59.0 Å². The number of amides is 2. The van der Waals surface area contributed by atoms with Crippen LogP contribution in [0.3, 0.4) is 0 Å². The third-order valence-electron chi connectivity index (χ3n) is 7.17. The van der Waals surface area contributed by atoms with Gasteiger partial charge in [-0.3, -0.25) is 14.5 Å². The maximum atomic E-state index is 12.7. The second kappa shape index (κ2) is 7.85. The predicted molar refractivity (Wildman–Crippen MR) is 125 cm³/mol. The Balaban J connectivity index is 1.15. The molecule has 3 aromatic rings. The summed E-state index contributed by atoms with van der Waals surface area (Å²) >= 11 is 1.45. The summed E-state index contributed by atoms with van der Waals surface area (Å²) in [4.78, 5) is 30.9. The van der Waals surface area contributed by atoms with Crippen LogP contribution in [-0.4, -0.2) is 29.9 Å². The number of carbonyl (C=O) groups excluding carboxylic acids is 2. The molecular formula is C26H25N3O2S. The molecule has 2 amide bonds. The van der Waals surface area contributed by atoms with E-state index in [-0.39, 0.29) is 18.2 Å². The summed E-state index contributed by atoms with van der Waals surface area (Å²) < 4.78 is 0. The number of hydrogen-bond acceptors (Lipinski definition) is 4. The average molecular weight is 444 g/mol. The maximum Gasteiger partial charge on any atom is 0.228 e. The van der Waals surface area contributed by atoms with Gasteiger partial charge in [-0.2, -0.15) is 0 Å². The minimum Gasteiger partial charge on any atom is -0.355 e. The summed E-state index contributed by atoms with van der Waals surface area (Å²) in [5, 5.41) is 5.79. The van der Waals surface area contributed by atoms with Crippen LogP contribution in [0.25, 0.3) is 0 Å². The lowest BCUT2D eigenvalue weighted by molar-refractivity contribution is -0.120. The first-order valence-corrected chi connectivity index (χ1v) is 12.3. The van der Waals surface area contributed by atoms with Crippen LogP contribution in [0.2, 0.25) is 0 Å². The lowest BCUT2D eigenvalue weighted by Gasteiger charge is -2.45. The Morgan fingerprint density at radius 3 is 2.41 bits per heavy atom. The fraction of sp³-hybridized carbons (Fsp3) is 0.346. The van der Waals surface area contributed by atoms with E-state index in [9.17, 15) is 9.59 Å². The van der Waals surface area contributed by atoms with Gasteiger partial charge >= 0.3 is 0 Å². The molecule has 1 N–H and O–H groups in total. The van der Waals surface area contributed by atoms with Gasteiger partial charge in [-0.15, -0.1) is 11.3 Å². The summed E-state index contributed by atoms with van der Waals surface area (Å²) in [6, 6.07) is 17.6. The van der Waals surface area contributed by atoms with Gasteiger partial charge in [0.25, 0.3) is 0 Å². The van der Waals surface area contributed by atoms with E-state index >= 15 is 0 Å². The topological polar surface area (TPSA) is 62.3 Å². The number of aromatic nitrogens is 1. The van der Waals surface area contributed by atoms with Crippen molar-refractivity contribution in [3.05, 3.63) is 81.9 Å². The van der Waals surface area contributed by atoms with Gasteiger partial charge in [0.2, 0.25) is 11.8 Å². The zero-order chi connectivity index (χ0) is 21.7. The number of fused-ring (bicyclic) bond motifs is 1. The monoisotopic (exact) mass is 443 g/mol. The number of anilines is 1. The average Bonchev–Trinajstić information content (AvgIpc) is 3.46. The number of nitrogens with one attached hydrogen (secondary N) is 1. The molecular weight excluding hydrogens is 418 g/mol. The van der Waals surface area contributed by atoms with Gasteiger partial charge in [0.1, 0.15) is 0 Å². The summed E-state index contributed by atoms with van der Waals surface area (Å²) in [6.45, 7) is 1.40. The summed E-state index contributed by atoms with van der Waals surface area (Å²) in [5.74, 6) is 1.26. The summed E-state index contributed by atoms with van der Waals surface area (Å²) in [6.07, 6.45) is 2.79. The van der Waals surface area contributed by atoms with Crippen LogP contribution in [0.5, 0.6) is 0 Å². The molecule has 32 heavy (non-hydrogen) atoms. The number of thiazole rings is 1. The molecule has 2 aromatic carbocycles. The zero-order valence-electron chi connectivity index (χ0n) is 17.8. The van der Waals surface area contributed by atoms with E-state index in [0.29, 0.717) is 35.9 Å². The largest absolute Gasteiger partial charge is 0.355 e. The molecule has 0 spiro atoms. The molecule has 6 heteroatoms. The molecule has 3 aliphatic carbocycles. The summed E-state index contributed by atoms with van der Waals surface area (Å²) in [7, 11) is 0. The molecule has 1 aromatic heterocycles. The third kappa shape index (κ3) is 3.25. The molecule has 1 fully saturated rings. The molecule has 5 nitrogen and oxygen atoms in total. The Morgan fingerprint density at radius 1 is 1.06 bits per heavy atom. The van der Waals surface area contributed by atoms with Crippen LogP contribution in [-0.2, 0) is 16.0 Å². The number of carbonyl (C=O) groups is 2. The third-order valence-corrected chi connectivity index (χ3v) is 8.08. The minimum absolute atomic E-state index is 0.00221. The fourth-order valence-electron chi connectivity index (χ4n) is 5.78. The van der Waals surface area contributed by atoms with Gasteiger partial charge in [-0.05, 0) is 41.0 Å². The van der Waals surface area contributed by atoms with E-state index in [0.717, 1.165) is 25.1 Å². The smallest absolute Gasteiger partial charge is 0.228 e. The van der Waals surface area contributed by atoms with Crippen molar-refractivity contribution in [3.63, 3.8) is 0 Å². The standard InChI is InChI=1S/C26H25N3O2S/c30-23(13-17-15-32-26(28-17)29-11-5-10-24(29)31)27-14-16-12-22-18-6-1-3-8-20(18)25(16)21-9-4-2-7-19(21)22/h1-4,6-9,15-16,22,25H,5,10-14H2,(H,27,30). The molecule has 4 aliphatic rings. The lowest BCUT2D eigenvalue weighted by atomic mass is 9.59. The molecule has 2 bridgehead atoms. The minimum atomic E-state index is -0.00221. The molecule has 0 radical (unpaired) electrons. The van der Waals surface area contributed by atoms with Gasteiger partial charge in [0.05, 0.1) is 12.1 Å². The number of rotatable bonds is 5. The fourth-order valence-corrected chi connectivity index (χ4v) is 6.65. The van der Waals surface area contributed by atoms with Gasteiger partial charge < -0.3 is 5.32 Å². The molecule has 1 aliphatic heterocycles. The Hall–Kier alpha value is -2.99. The van der Waals surface area contributed by atoms with Crippen molar-refractivity contribution in [3.8, 4) is 0 Å². The van der Waals surface area contributed by atoms with E-state index in [4.69, 9.17) is 0 Å². The van der Waals surface area contributed by atoms with E-state index in [1.54, 1.807) is 4.90 Å². The van der Waals surface area contributed by atoms with E-state index in [1.165, 1.54) is 33.6 Å². The van der Waals surface area contributed by atoms with Crippen molar-refractivity contribution >= 4 is 28.3 Å². The predicted octanol–water partition coefficient (Wildman–Crippen LogP) is 4.23. The quantitative estimate of drug-likeness (QED) is 0.642. The SMILES string of the molecule is O=C(Cc1csc(N2CCCC2=O)n1)NCC1CC2c3ccccc3C1c1ccccc12. The highest BCUT2D eigenvalue weighted by molar-refractivity contribution is 7.14. The Bertz CT molecular complexity index is 1160. The number of benzene rings is 2. The summed E-state index contributed by atoms with van der Waals surface area (Å²) in [5.41, 5.74) is 6.47. The second-order valence-corrected chi connectivity index (χ2v) is 9.87. The van der Waals surface area contributed by atoms with Crippen molar-refractivity contribution in [2.45, 2.75) is 37.5 Å². The highest BCUT2D eigenvalue weighted by Gasteiger charge is 2.42. The molecule has 2 heterocycles. The number of hydrogen-bond donors (Lipinski definition) is 1. The van der Waals surface area contributed by atoms with Crippen molar-refractivity contribution in [1.29, 1.82) is 0 Å². The molecule has 1 saturated heterocycles. The van der Waals surface area contributed by atoms with E-state index in [1.807, 2.05) is 5.38 Å². The molecule has 162 valence electrons. The van der Waals surface area contributed by atoms with Crippen molar-refractivity contribution < 1.29 is 9.59 Å². The van der Waals surface area contributed by atoms with Crippen LogP contribution in [0.4, 0.5) is 5.13 Å². The van der Waals surface area contributed by atoms with Crippen molar-refractivity contribution in [1.82, 2.24) is 10.3 Å². The molecule has 7 rings (SSSR count). The van der Waals surface area contributed by atoms with Gasteiger partial charge in [0, 0.05) is 36.7 Å². The first-order chi connectivity index (χ1) is 15.7.